The first-order chi connectivity index (χ1) is 6.16. The van der Waals surface area contributed by atoms with Crippen LogP contribution in [0, 0.1) is 13.8 Å². The predicted molar refractivity (Wildman–Crippen MR) is 55.6 cm³/mol. The summed E-state index contributed by atoms with van der Waals surface area (Å²) < 4.78 is 0. The molecule has 13 heavy (non-hydrogen) atoms. The van der Waals surface area contributed by atoms with E-state index in [1.807, 2.05) is 13.0 Å². The van der Waals surface area contributed by atoms with Gasteiger partial charge in [-0.15, -0.1) is 0 Å². The number of pyridine rings is 1. The van der Waals surface area contributed by atoms with Gasteiger partial charge in [-0.1, -0.05) is 23.8 Å². The molecule has 0 saturated carbocycles. The second kappa shape index (κ2) is 2.73. The van der Waals surface area contributed by atoms with Gasteiger partial charge < -0.3 is 5.73 Å². The first kappa shape index (κ1) is 8.05. The van der Waals surface area contributed by atoms with Crippen molar-refractivity contribution in [3.8, 4) is 0 Å². The number of rotatable bonds is 0. The van der Waals surface area contributed by atoms with Crippen LogP contribution in [0.3, 0.4) is 0 Å². The third-order valence-corrected chi connectivity index (χ3v) is 2.14. The SMILES string of the molecule is Cc1ccc2c(N)nc(C)cc2c1. The molecule has 0 radical (unpaired) electrons. The van der Waals surface area contributed by atoms with Crippen molar-refractivity contribution in [2.45, 2.75) is 13.8 Å². The Kier molecular flexibility index (Phi) is 1.69. The van der Waals surface area contributed by atoms with E-state index >= 15 is 0 Å². The van der Waals surface area contributed by atoms with Crippen molar-refractivity contribution in [1.29, 1.82) is 0 Å². The van der Waals surface area contributed by atoms with Crippen LogP contribution in [-0.4, -0.2) is 4.98 Å². The Morgan fingerprint density at radius 2 is 1.92 bits per heavy atom. The van der Waals surface area contributed by atoms with Gasteiger partial charge in [-0.3, -0.25) is 0 Å². The number of benzene rings is 1. The molecular weight excluding hydrogens is 160 g/mol. The molecule has 0 aliphatic rings. The highest BCUT2D eigenvalue weighted by molar-refractivity contribution is 5.91. The first-order valence-electron chi connectivity index (χ1n) is 4.30. The van der Waals surface area contributed by atoms with Gasteiger partial charge in [0.2, 0.25) is 0 Å². The van der Waals surface area contributed by atoms with Crippen molar-refractivity contribution in [2.24, 2.45) is 0 Å². The Labute approximate surface area is 77.4 Å². The largest absolute Gasteiger partial charge is 0.383 e. The third-order valence-electron chi connectivity index (χ3n) is 2.14. The molecule has 66 valence electrons. The number of fused-ring (bicyclic) bond motifs is 1. The van der Waals surface area contributed by atoms with Crippen molar-refractivity contribution in [1.82, 2.24) is 4.98 Å². The van der Waals surface area contributed by atoms with Crippen LogP contribution in [0.5, 0.6) is 0 Å². The number of aromatic nitrogens is 1. The first-order valence-corrected chi connectivity index (χ1v) is 4.30. The minimum Gasteiger partial charge on any atom is -0.383 e. The Hall–Kier alpha value is -1.57. The molecule has 0 spiro atoms. The Morgan fingerprint density at radius 1 is 1.15 bits per heavy atom. The van der Waals surface area contributed by atoms with Gasteiger partial charge in [0.05, 0.1) is 0 Å². The maximum atomic E-state index is 5.80. The van der Waals surface area contributed by atoms with Crippen LogP contribution in [0.4, 0.5) is 5.82 Å². The molecule has 0 atom stereocenters. The fourth-order valence-electron chi connectivity index (χ4n) is 1.54. The van der Waals surface area contributed by atoms with Gasteiger partial charge >= 0.3 is 0 Å². The molecule has 1 heterocycles. The molecule has 1 aromatic carbocycles. The van der Waals surface area contributed by atoms with Crippen LogP contribution in [0.2, 0.25) is 0 Å². The molecule has 0 unspecified atom stereocenters. The van der Waals surface area contributed by atoms with Crippen LogP contribution in [0.15, 0.2) is 24.3 Å². The topological polar surface area (TPSA) is 38.9 Å². The van der Waals surface area contributed by atoms with Crippen molar-refractivity contribution < 1.29 is 0 Å². The summed E-state index contributed by atoms with van der Waals surface area (Å²) in [5, 5.41) is 2.21. The van der Waals surface area contributed by atoms with Crippen molar-refractivity contribution in [2.75, 3.05) is 5.73 Å². The molecule has 0 fully saturated rings. The van der Waals surface area contributed by atoms with Crippen molar-refractivity contribution in [3.63, 3.8) is 0 Å². The quantitative estimate of drug-likeness (QED) is 0.662. The van der Waals surface area contributed by atoms with Gasteiger partial charge in [-0.2, -0.15) is 0 Å². The Balaban J connectivity index is 2.86. The molecule has 0 aliphatic carbocycles. The molecule has 2 heteroatoms. The zero-order valence-corrected chi connectivity index (χ0v) is 7.83. The summed E-state index contributed by atoms with van der Waals surface area (Å²) in [5.41, 5.74) is 8.01. The van der Waals surface area contributed by atoms with Crippen LogP contribution in [-0.2, 0) is 0 Å². The van der Waals surface area contributed by atoms with E-state index in [1.165, 1.54) is 10.9 Å². The number of nitrogens with two attached hydrogens (primary N) is 1. The number of aryl methyl sites for hydroxylation is 2. The summed E-state index contributed by atoms with van der Waals surface area (Å²) >= 11 is 0. The average Bonchev–Trinajstić information content (AvgIpc) is 2.02. The van der Waals surface area contributed by atoms with Crippen LogP contribution in [0.1, 0.15) is 11.3 Å². The number of hydrogen-bond acceptors (Lipinski definition) is 2. The van der Waals surface area contributed by atoms with E-state index in [4.69, 9.17) is 5.73 Å². The molecule has 0 amide bonds. The Morgan fingerprint density at radius 3 is 2.69 bits per heavy atom. The second-order valence-electron chi connectivity index (χ2n) is 3.37. The van der Waals surface area contributed by atoms with Gasteiger partial charge in [0.25, 0.3) is 0 Å². The van der Waals surface area contributed by atoms with E-state index in [-0.39, 0.29) is 0 Å². The summed E-state index contributed by atoms with van der Waals surface area (Å²) in [4.78, 5) is 4.21. The molecular formula is C11H12N2. The summed E-state index contributed by atoms with van der Waals surface area (Å²) in [7, 11) is 0. The molecule has 1 aromatic heterocycles. The summed E-state index contributed by atoms with van der Waals surface area (Å²) in [6.07, 6.45) is 0. The fourth-order valence-corrected chi connectivity index (χ4v) is 1.54. The highest BCUT2D eigenvalue weighted by Gasteiger charge is 1.99. The number of anilines is 1. The van der Waals surface area contributed by atoms with E-state index in [9.17, 15) is 0 Å². The maximum absolute atomic E-state index is 5.80. The smallest absolute Gasteiger partial charge is 0.131 e. The van der Waals surface area contributed by atoms with E-state index in [2.05, 4.69) is 30.1 Å². The lowest BCUT2D eigenvalue weighted by molar-refractivity contribution is 1.23. The third kappa shape index (κ3) is 1.35. The maximum Gasteiger partial charge on any atom is 0.131 e. The van der Waals surface area contributed by atoms with Gasteiger partial charge in [0.1, 0.15) is 5.82 Å². The average molecular weight is 172 g/mol. The van der Waals surface area contributed by atoms with E-state index in [0.717, 1.165) is 11.1 Å². The number of hydrogen-bond donors (Lipinski definition) is 1. The molecule has 0 bridgehead atoms. The molecule has 2 aromatic rings. The minimum atomic E-state index is 0.620. The van der Waals surface area contributed by atoms with Gasteiger partial charge in [-0.05, 0) is 25.3 Å². The predicted octanol–water partition coefficient (Wildman–Crippen LogP) is 2.43. The van der Waals surface area contributed by atoms with Crippen molar-refractivity contribution in [3.05, 3.63) is 35.5 Å². The minimum absolute atomic E-state index is 0.620. The molecule has 2 rings (SSSR count). The summed E-state index contributed by atoms with van der Waals surface area (Å²) in [5.74, 6) is 0.620. The van der Waals surface area contributed by atoms with E-state index < -0.39 is 0 Å². The standard InChI is InChI=1S/C11H12N2/c1-7-3-4-10-9(5-7)6-8(2)13-11(10)12/h3-6H,1-2H3,(H2,12,13). The van der Waals surface area contributed by atoms with Gasteiger partial charge in [0, 0.05) is 11.1 Å². The monoisotopic (exact) mass is 172 g/mol. The summed E-state index contributed by atoms with van der Waals surface area (Å²) in [6, 6.07) is 8.25. The summed E-state index contributed by atoms with van der Waals surface area (Å²) in [6.45, 7) is 4.03. The highest BCUT2D eigenvalue weighted by atomic mass is 14.8. The molecule has 2 nitrogen and oxygen atoms in total. The second-order valence-corrected chi connectivity index (χ2v) is 3.37. The van der Waals surface area contributed by atoms with Crippen LogP contribution >= 0.6 is 0 Å². The van der Waals surface area contributed by atoms with E-state index in [1.54, 1.807) is 0 Å². The lowest BCUT2D eigenvalue weighted by Crippen LogP contribution is -1.93. The van der Waals surface area contributed by atoms with Crippen LogP contribution < -0.4 is 5.73 Å². The number of nitrogen functional groups attached to an aromatic ring is 1. The lowest BCUT2D eigenvalue weighted by atomic mass is 10.1. The normalized spacial score (nSPS) is 10.6. The van der Waals surface area contributed by atoms with E-state index in [0.29, 0.717) is 5.82 Å². The van der Waals surface area contributed by atoms with Gasteiger partial charge in [-0.25, -0.2) is 4.98 Å². The van der Waals surface area contributed by atoms with Crippen LogP contribution in [0.25, 0.3) is 10.8 Å². The lowest BCUT2D eigenvalue weighted by Gasteiger charge is -2.03. The molecule has 2 N–H and O–H groups in total. The fraction of sp³-hybridized carbons (Fsp3) is 0.182. The molecule has 0 aliphatic heterocycles. The van der Waals surface area contributed by atoms with Gasteiger partial charge in [0.15, 0.2) is 0 Å². The van der Waals surface area contributed by atoms with Crippen molar-refractivity contribution >= 4 is 16.6 Å². The zero-order valence-electron chi connectivity index (χ0n) is 7.83. The zero-order chi connectivity index (χ0) is 9.42. The number of nitrogens with zero attached hydrogens (tertiary/aromatic N) is 1. The Bertz CT molecular complexity index is 456. The highest BCUT2D eigenvalue weighted by Crippen LogP contribution is 2.21. The molecule has 0 saturated heterocycles.